The molecule has 0 radical (unpaired) electrons. The van der Waals surface area contributed by atoms with Crippen molar-refractivity contribution in [3.63, 3.8) is 0 Å². The first-order chi connectivity index (χ1) is 11.1. The van der Waals surface area contributed by atoms with Crippen LogP contribution in [0, 0.1) is 0 Å². The second-order valence-electron chi connectivity index (χ2n) is 5.97. The molecule has 0 atom stereocenters. The molecule has 3 rings (SSSR count). The Labute approximate surface area is 135 Å². The van der Waals surface area contributed by atoms with Crippen LogP contribution in [0.1, 0.15) is 36.0 Å². The number of benzene rings is 1. The summed E-state index contributed by atoms with van der Waals surface area (Å²) in [6.45, 7) is 1.69. The Kier molecular flexibility index (Phi) is 4.38. The molecule has 0 spiro atoms. The third kappa shape index (κ3) is 3.10. The maximum atomic E-state index is 11.4. The summed E-state index contributed by atoms with van der Waals surface area (Å²) in [5, 5.41) is 3.53. The maximum absolute atomic E-state index is 11.4. The Morgan fingerprint density at radius 3 is 2.87 bits per heavy atom. The molecular weight excluding hydrogens is 294 g/mol. The molecule has 5 N–H and O–H groups in total. The SMILES string of the molecule is COc1cc(C(N)=O)cc2nc(N)n(CCCNC3CCC3)c12. The van der Waals surface area contributed by atoms with Gasteiger partial charge in [-0.25, -0.2) is 4.98 Å². The number of carbonyl (C=O) groups is 1. The van der Waals surface area contributed by atoms with E-state index in [1.807, 2.05) is 4.57 Å². The number of fused-ring (bicyclic) bond motifs is 1. The molecule has 7 heteroatoms. The summed E-state index contributed by atoms with van der Waals surface area (Å²) < 4.78 is 7.34. The number of hydrogen-bond donors (Lipinski definition) is 3. The van der Waals surface area contributed by atoms with Crippen molar-refractivity contribution < 1.29 is 9.53 Å². The van der Waals surface area contributed by atoms with E-state index in [-0.39, 0.29) is 0 Å². The lowest BCUT2D eigenvalue weighted by Gasteiger charge is -2.26. The predicted octanol–water partition coefficient (Wildman–Crippen LogP) is 1.26. The second kappa shape index (κ2) is 6.45. The number of hydrogen-bond acceptors (Lipinski definition) is 5. The molecule has 0 unspecified atom stereocenters. The number of amides is 1. The highest BCUT2D eigenvalue weighted by atomic mass is 16.5. The number of aromatic nitrogens is 2. The summed E-state index contributed by atoms with van der Waals surface area (Å²) in [4.78, 5) is 15.7. The molecule has 0 saturated heterocycles. The Morgan fingerprint density at radius 1 is 1.48 bits per heavy atom. The lowest BCUT2D eigenvalue weighted by atomic mass is 9.93. The summed E-state index contributed by atoms with van der Waals surface area (Å²) in [7, 11) is 1.56. The van der Waals surface area contributed by atoms with Crippen LogP contribution in [0.3, 0.4) is 0 Å². The fourth-order valence-corrected chi connectivity index (χ4v) is 2.93. The zero-order valence-electron chi connectivity index (χ0n) is 13.3. The fourth-order valence-electron chi connectivity index (χ4n) is 2.93. The zero-order valence-corrected chi connectivity index (χ0v) is 13.3. The van der Waals surface area contributed by atoms with Gasteiger partial charge in [0.2, 0.25) is 11.9 Å². The number of imidazole rings is 1. The zero-order chi connectivity index (χ0) is 16.4. The highest BCUT2D eigenvalue weighted by Gasteiger charge is 2.18. The van der Waals surface area contributed by atoms with Crippen molar-refractivity contribution in [2.75, 3.05) is 19.4 Å². The topological polar surface area (TPSA) is 108 Å². The van der Waals surface area contributed by atoms with Gasteiger partial charge in [-0.3, -0.25) is 4.79 Å². The minimum absolute atomic E-state index is 0.366. The molecule has 1 aliphatic rings. The van der Waals surface area contributed by atoms with Crippen LogP contribution in [0.2, 0.25) is 0 Å². The Bertz CT molecular complexity index is 721. The van der Waals surface area contributed by atoms with Gasteiger partial charge < -0.3 is 26.1 Å². The average Bonchev–Trinajstić information content (AvgIpc) is 2.79. The van der Waals surface area contributed by atoms with Gasteiger partial charge in [-0.15, -0.1) is 0 Å². The van der Waals surface area contributed by atoms with Crippen LogP contribution in [0.5, 0.6) is 5.75 Å². The average molecular weight is 317 g/mol. The predicted molar refractivity (Wildman–Crippen MR) is 89.5 cm³/mol. The van der Waals surface area contributed by atoms with E-state index in [9.17, 15) is 4.79 Å². The van der Waals surface area contributed by atoms with Crippen molar-refractivity contribution in [3.8, 4) is 5.75 Å². The number of nitrogens with two attached hydrogens (primary N) is 2. The van der Waals surface area contributed by atoms with Gasteiger partial charge in [-0.05, 0) is 37.9 Å². The smallest absolute Gasteiger partial charge is 0.248 e. The van der Waals surface area contributed by atoms with Crippen molar-refractivity contribution >= 4 is 22.9 Å². The van der Waals surface area contributed by atoms with Crippen LogP contribution >= 0.6 is 0 Å². The molecule has 1 saturated carbocycles. The Morgan fingerprint density at radius 2 is 2.26 bits per heavy atom. The molecule has 124 valence electrons. The van der Waals surface area contributed by atoms with Crippen LogP contribution in [0.4, 0.5) is 5.95 Å². The monoisotopic (exact) mass is 317 g/mol. The standard InChI is InChI=1S/C16H23N5O2/c1-23-13-9-10(15(17)22)8-12-14(13)21(16(18)20-12)7-3-6-19-11-4-2-5-11/h8-9,11,19H,2-7H2,1H3,(H2,17,22)(H2,18,20). The second-order valence-corrected chi connectivity index (χ2v) is 5.97. The van der Waals surface area contributed by atoms with Crippen molar-refractivity contribution in [1.82, 2.24) is 14.9 Å². The van der Waals surface area contributed by atoms with E-state index >= 15 is 0 Å². The van der Waals surface area contributed by atoms with Gasteiger partial charge in [0.25, 0.3) is 0 Å². The summed E-state index contributed by atoms with van der Waals surface area (Å²) in [6, 6.07) is 3.97. The normalized spacial score (nSPS) is 14.8. The number of primary amides is 1. The van der Waals surface area contributed by atoms with E-state index in [2.05, 4.69) is 10.3 Å². The molecule has 1 aromatic carbocycles. The lowest BCUT2D eigenvalue weighted by Crippen LogP contribution is -2.35. The number of carbonyl (C=O) groups excluding carboxylic acids is 1. The number of aryl methyl sites for hydroxylation is 1. The molecule has 1 fully saturated rings. The van der Waals surface area contributed by atoms with Crippen LogP contribution in [-0.2, 0) is 6.54 Å². The number of ether oxygens (including phenoxy) is 1. The maximum Gasteiger partial charge on any atom is 0.248 e. The van der Waals surface area contributed by atoms with Gasteiger partial charge in [-0.2, -0.15) is 0 Å². The fraction of sp³-hybridized carbons (Fsp3) is 0.500. The van der Waals surface area contributed by atoms with Gasteiger partial charge in [0, 0.05) is 18.2 Å². The van der Waals surface area contributed by atoms with Crippen molar-refractivity contribution in [3.05, 3.63) is 17.7 Å². The van der Waals surface area contributed by atoms with Crippen LogP contribution in [0.25, 0.3) is 11.0 Å². The number of anilines is 1. The van der Waals surface area contributed by atoms with Gasteiger partial charge >= 0.3 is 0 Å². The Hall–Kier alpha value is -2.28. The third-order valence-corrected chi connectivity index (χ3v) is 4.44. The van der Waals surface area contributed by atoms with E-state index < -0.39 is 5.91 Å². The number of nitrogens with one attached hydrogen (secondary N) is 1. The molecule has 1 aromatic heterocycles. The summed E-state index contributed by atoms with van der Waals surface area (Å²) in [5.41, 5.74) is 13.2. The third-order valence-electron chi connectivity index (χ3n) is 4.44. The lowest BCUT2D eigenvalue weighted by molar-refractivity contribution is 0.1000. The first-order valence-electron chi connectivity index (χ1n) is 7.97. The van der Waals surface area contributed by atoms with Crippen LogP contribution in [-0.4, -0.2) is 35.2 Å². The molecule has 2 aromatic rings. The number of nitrogens with zero attached hydrogens (tertiary/aromatic N) is 2. The number of methoxy groups -OCH3 is 1. The highest BCUT2D eigenvalue weighted by molar-refractivity contribution is 5.98. The van der Waals surface area contributed by atoms with Crippen LogP contribution < -0.4 is 21.5 Å². The van der Waals surface area contributed by atoms with E-state index in [1.54, 1.807) is 19.2 Å². The van der Waals surface area contributed by atoms with Crippen molar-refractivity contribution in [2.24, 2.45) is 5.73 Å². The number of rotatable bonds is 7. The van der Waals surface area contributed by atoms with E-state index in [0.29, 0.717) is 28.8 Å². The van der Waals surface area contributed by atoms with E-state index in [0.717, 1.165) is 25.0 Å². The number of nitrogen functional groups attached to an aromatic ring is 1. The molecule has 0 aliphatic heterocycles. The van der Waals surface area contributed by atoms with Crippen LogP contribution in [0.15, 0.2) is 12.1 Å². The van der Waals surface area contributed by atoms with Gasteiger partial charge in [-0.1, -0.05) is 6.42 Å². The van der Waals surface area contributed by atoms with Gasteiger partial charge in [0.05, 0.1) is 12.6 Å². The summed E-state index contributed by atoms with van der Waals surface area (Å²) in [5.74, 6) is 0.471. The highest BCUT2D eigenvalue weighted by Crippen LogP contribution is 2.29. The summed E-state index contributed by atoms with van der Waals surface area (Å²) >= 11 is 0. The van der Waals surface area contributed by atoms with E-state index in [4.69, 9.17) is 16.2 Å². The first-order valence-corrected chi connectivity index (χ1v) is 7.97. The molecule has 1 heterocycles. The molecular formula is C16H23N5O2. The van der Waals surface area contributed by atoms with Gasteiger partial charge in [0.1, 0.15) is 11.3 Å². The van der Waals surface area contributed by atoms with Crippen molar-refractivity contribution in [1.29, 1.82) is 0 Å². The quantitative estimate of drug-likeness (QED) is 0.666. The Balaban J connectivity index is 1.81. The first kappa shape index (κ1) is 15.6. The summed E-state index contributed by atoms with van der Waals surface area (Å²) in [6.07, 6.45) is 4.84. The largest absolute Gasteiger partial charge is 0.494 e. The molecule has 23 heavy (non-hydrogen) atoms. The minimum atomic E-state index is -0.511. The van der Waals surface area contributed by atoms with Gasteiger partial charge in [0.15, 0.2) is 0 Å². The minimum Gasteiger partial charge on any atom is -0.494 e. The molecule has 1 amide bonds. The van der Waals surface area contributed by atoms with Crippen molar-refractivity contribution in [2.45, 2.75) is 38.3 Å². The molecule has 7 nitrogen and oxygen atoms in total. The molecule has 0 bridgehead atoms. The molecule has 1 aliphatic carbocycles. The van der Waals surface area contributed by atoms with E-state index in [1.165, 1.54) is 19.3 Å².